The lowest BCUT2D eigenvalue weighted by Gasteiger charge is -2.06. The number of hydrogen-bond donors (Lipinski definition) is 0. The fraction of sp³-hybridized carbons (Fsp3) is 0.571. The van der Waals surface area contributed by atoms with E-state index >= 15 is 0 Å². The van der Waals surface area contributed by atoms with Crippen LogP contribution in [0.2, 0.25) is 0 Å². The summed E-state index contributed by atoms with van der Waals surface area (Å²) >= 11 is -0.631. The van der Waals surface area contributed by atoms with E-state index in [9.17, 15) is 22.4 Å². The maximum absolute atomic E-state index is 12.7. The van der Waals surface area contributed by atoms with Gasteiger partial charge >= 0.3 is 11.7 Å². The Morgan fingerprint density at radius 3 is 2.81 bits per heavy atom. The lowest BCUT2D eigenvalue weighted by Crippen LogP contribution is -2.15. The van der Waals surface area contributed by atoms with Gasteiger partial charge in [-0.15, -0.1) is 0 Å². The predicted molar refractivity (Wildman–Crippen MR) is 45.0 cm³/mol. The van der Waals surface area contributed by atoms with Gasteiger partial charge in [0.05, 0.1) is 0 Å². The van der Waals surface area contributed by atoms with Crippen molar-refractivity contribution in [3.8, 4) is 0 Å². The number of carbonyl (C=O) groups is 1. The molecule has 9 heteroatoms. The van der Waals surface area contributed by atoms with E-state index in [2.05, 4.69) is 14.2 Å². The molecule has 1 unspecified atom stereocenters. The fourth-order valence-electron chi connectivity index (χ4n) is 0.731. The first-order chi connectivity index (χ1) is 7.37. The second-order valence-corrected chi connectivity index (χ2v) is 3.48. The minimum atomic E-state index is -4.54. The molecule has 0 aromatic carbocycles. The number of hydrogen-bond acceptors (Lipinski definition) is 5. The Balaban J connectivity index is 2.24. The zero-order valence-corrected chi connectivity index (χ0v) is 8.44. The van der Waals surface area contributed by atoms with E-state index in [1.165, 1.54) is 0 Å². The van der Waals surface area contributed by atoms with Gasteiger partial charge in [0, 0.05) is 5.41 Å². The highest BCUT2D eigenvalue weighted by atomic mass is 32.2. The molecule has 1 fully saturated rings. The lowest BCUT2D eigenvalue weighted by atomic mass is 10.6. The Bertz CT molecular complexity index is 291. The van der Waals surface area contributed by atoms with E-state index < -0.39 is 42.1 Å². The second-order valence-electron chi connectivity index (χ2n) is 2.55. The normalized spacial score (nSPS) is 21.9. The maximum atomic E-state index is 12.7. The van der Waals surface area contributed by atoms with Crippen molar-refractivity contribution in [1.82, 2.24) is 0 Å². The minimum absolute atomic E-state index is 0.210. The first kappa shape index (κ1) is 13.1. The zero-order valence-electron chi connectivity index (χ0n) is 7.62. The summed E-state index contributed by atoms with van der Waals surface area (Å²) in [5, 5.41) is 0.275. The van der Waals surface area contributed by atoms with Crippen LogP contribution in [-0.2, 0) is 14.2 Å². The molecular formula is C7H6F4O4S. The molecule has 1 atom stereocenters. The molecule has 0 saturated carbocycles. The molecule has 0 bridgehead atoms. The molecule has 0 radical (unpaired) electrons. The zero-order chi connectivity index (χ0) is 12.2. The number of cyclic esters (lactones) is 2. The van der Waals surface area contributed by atoms with Crippen molar-refractivity contribution in [2.45, 2.75) is 11.8 Å². The van der Waals surface area contributed by atoms with Crippen molar-refractivity contribution in [1.29, 1.82) is 0 Å². The van der Waals surface area contributed by atoms with Crippen LogP contribution in [0.25, 0.3) is 0 Å². The van der Waals surface area contributed by atoms with Gasteiger partial charge in [0.15, 0.2) is 6.61 Å². The SMILES string of the molecule is O=C1OCC(OC/C(F)=C\SC(F)(F)F)O1. The van der Waals surface area contributed by atoms with Crippen molar-refractivity contribution in [3.63, 3.8) is 0 Å². The van der Waals surface area contributed by atoms with Crippen LogP contribution in [0.1, 0.15) is 0 Å². The van der Waals surface area contributed by atoms with E-state index in [1.807, 2.05) is 0 Å². The van der Waals surface area contributed by atoms with E-state index in [4.69, 9.17) is 0 Å². The summed E-state index contributed by atoms with van der Waals surface area (Å²) in [5.74, 6) is -1.12. The minimum Gasteiger partial charge on any atom is -0.428 e. The Kier molecular flexibility index (Phi) is 4.42. The quantitative estimate of drug-likeness (QED) is 0.575. The summed E-state index contributed by atoms with van der Waals surface area (Å²) in [4.78, 5) is 10.4. The molecule has 4 nitrogen and oxygen atoms in total. The van der Waals surface area contributed by atoms with Gasteiger partial charge in [-0.1, -0.05) is 0 Å². The van der Waals surface area contributed by atoms with Gasteiger partial charge in [-0.05, 0) is 11.8 Å². The third-order valence-corrected chi connectivity index (χ3v) is 1.93. The molecule has 0 aromatic rings. The van der Waals surface area contributed by atoms with Crippen LogP contribution in [0.4, 0.5) is 22.4 Å². The van der Waals surface area contributed by atoms with Gasteiger partial charge in [0.2, 0.25) is 6.29 Å². The Morgan fingerprint density at radius 1 is 1.62 bits per heavy atom. The fourth-order valence-corrected chi connectivity index (χ4v) is 1.06. The van der Waals surface area contributed by atoms with Gasteiger partial charge in [-0.3, -0.25) is 0 Å². The van der Waals surface area contributed by atoms with Crippen LogP contribution in [-0.4, -0.2) is 31.2 Å². The van der Waals surface area contributed by atoms with E-state index in [1.54, 1.807) is 0 Å². The smallest absolute Gasteiger partial charge is 0.428 e. The highest BCUT2D eigenvalue weighted by molar-refractivity contribution is 8.02. The molecule has 1 aliphatic heterocycles. The van der Waals surface area contributed by atoms with Crippen LogP contribution in [0.5, 0.6) is 0 Å². The van der Waals surface area contributed by atoms with Gasteiger partial charge < -0.3 is 14.2 Å². The number of thioether (sulfide) groups is 1. The number of rotatable bonds is 4. The van der Waals surface area contributed by atoms with Gasteiger partial charge in [-0.25, -0.2) is 9.18 Å². The Labute approximate surface area is 91.5 Å². The third kappa shape index (κ3) is 5.21. The topological polar surface area (TPSA) is 44.8 Å². The van der Waals surface area contributed by atoms with Crippen molar-refractivity contribution >= 4 is 17.9 Å². The Morgan fingerprint density at radius 2 is 2.31 bits per heavy atom. The maximum Gasteiger partial charge on any atom is 0.510 e. The summed E-state index contributed by atoms with van der Waals surface area (Å²) in [7, 11) is 0. The number of ether oxygens (including phenoxy) is 3. The molecule has 0 aromatic heterocycles. The first-order valence-electron chi connectivity index (χ1n) is 3.91. The van der Waals surface area contributed by atoms with Crippen molar-refractivity contribution in [2.75, 3.05) is 13.2 Å². The molecule has 1 aliphatic rings. The molecule has 0 N–H and O–H groups in total. The third-order valence-electron chi connectivity index (χ3n) is 1.29. The standard InChI is InChI=1S/C7H6F4O4S/c8-4(3-16-7(9,10)11)1-13-5-2-14-6(12)15-5/h3,5H,1-2H2/b4-3+. The highest BCUT2D eigenvalue weighted by Crippen LogP contribution is 2.32. The van der Waals surface area contributed by atoms with Crippen molar-refractivity contribution in [3.05, 3.63) is 11.2 Å². The van der Waals surface area contributed by atoms with Crippen LogP contribution in [0.3, 0.4) is 0 Å². The number of alkyl halides is 3. The van der Waals surface area contributed by atoms with Crippen molar-refractivity contribution in [2.24, 2.45) is 0 Å². The molecular weight excluding hydrogens is 256 g/mol. The van der Waals surface area contributed by atoms with Gasteiger partial charge in [-0.2, -0.15) is 13.2 Å². The summed E-state index contributed by atoms with van der Waals surface area (Å²) in [6, 6.07) is 0. The molecule has 0 amide bonds. The molecule has 16 heavy (non-hydrogen) atoms. The van der Waals surface area contributed by atoms with E-state index in [-0.39, 0.29) is 12.0 Å². The van der Waals surface area contributed by atoms with Crippen LogP contribution in [0, 0.1) is 0 Å². The summed E-state index contributed by atoms with van der Waals surface area (Å²) in [6.45, 7) is -0.928. The Hall–Kier alpha value is -0.960. The molecule has 1 saturated heterocycles. The molecule has 1 heterocycles. The monoisotopic (exact) mass is 262 g/mol. The van der Waals surface area contributed by atoms with Crippen LogP contribution >= 0.6 is 11.8 Å². The van der Waals surface area contributed by atoms with E-state index in [0.29, 0.717) is 0 Å². The second kappa shape index (κ2) is 5.39. The average Bonchev–Trinajstić information content (AvgIpc) is 2.57. The average molecular weight is 262 g/mol. The largest absolute Gasteiger partial charge is 0.510 e. The highest BCUT2D eigenvalue weighted by Gasteiger charge is 2.28. The van der Waals surface area contributed by atoms with Crippen molar-refractivity contribution < 1.29 is 36.6 Å². The summed E-state index contributed by atoms with van der Waals surface area (Å²) < 4.78 is 60.9. The van der Waals surface area contributed by atoms with Crippen LogP contribution in [0.15, 0.2) is 11.2 Å². The predicted octanol–water partition coefficient (Wildman–Crippen LogP) is 2.56. The summed E-state index contributed by atoms with van der Waals surface area (Å²) in [6.07, 6.45) is -2.04. The molecule has 0 spiro atoms. The van der Waals surface area contributed by atoms with Crippen LogP contribution < -0.4 is 0 Å². The molecule has 92 valence electrons. The van der Waals surface area contributed by atoms with Gasteiger partial charge in [0.25, 0.3) is 0 Å². The van der Waals surface area contributed by atoms with Gasteiger partial charge in [0.1, 0.15) is 12.4 Å². The van der Waals surface area contributed by atoms with E-state index in [0.717, 1.165) is 0 Å². The number of halogens is 4. The molecule has 0 aliphatic carbocycles. The summed E-state index contributed by atoms with van der Waals surface area (Å²) in [5.41, 5.74) is -4.54. The lowest BCUT2D eigenvalue weighted by molar-refractivity contribution is -0.0721. The number of carbonyl (C=O) groups excluding carboxylic acids is 1. The first-order valence-corrected chi connectivity index (χ1v) is 4.79. The molecule has 1 rings (SSSR count).